The monoisotopic (exact) mass is 613 g/mol. The number of thioether (sulfide) groups is 1. The number of para-hydroxylation sites is 1. The van der Waals surface area contributed by atoms with Crippen LogP contribution >= 0.6 is 23.1 Å². The molecule has 0 bridgehead atoms. The van der Waals surface area contributed by atoms with Crippen LogP contribution in [0.1, 0.15) is 42.7 Å². The first-order valence-electron chi connectivity index (χ1n) is 13.9. The van der Waals surface area contributed by atoms with Gasteiger partial charge in [-0.25, -0.2) is 4.90 Å². The van der Waals surface area contributed by atoms with Crippen LogP contribution < -0.4 is 19.8 Å². The van der Waals surface area contributed by atoms with Gasteiger partial charge in [0.25, 0.3) is 0 Å². The number of fused-ring (bicyclic) bond motifs is 2. The first kappa shape index (κ1) is 28.9. The Morgan fingerprint density at radius 2 is 1.58 bits per heavy atom. The van der Waals surface area contributed by atoms with Crippen molar-refractivity contribution in [2.45, 2.75) is 48.9 Å². The van der Waals surface area contributed by atoms with Gasteiger partial charge in [0.2, 0.25) is 17.7 Å². The smallest absolute Gasteiger partial charge is 0.308 e. The zero-order valence-corrected chi connectivity index (χ0v) is 25.8. The molecule has 3 amide bonds. The van der Waals surface area contributed by atoms with E-state index in [4.69, 9.17) is 4.74 Å². The minimum absolute atomic E-state index is 0.0702. The second-order valence-corrected chi connectivity index (χ2v) is 13.8. The summed E-state index contributed by atoms with van der Waals surface area (Å²) in [5.41, 5.74) is 3.01. The molecule has 0 radical (unpaired) electrons. The topological polar surface area (TPSA) is 97.7 Å². The van der Waals surface area contributed by atoms with Crippen molar-refractivity contribution < 1.29 is 19.1 Å². The van der Waals surface area contributed by atoms with Gasteiger partial charge < -0.3 is 10.1 Å². The highest BCUT2D eigenvalue weighted by Gasteiger charge is 2.56. The number of carbonyl (C=O) groups excluding carboxylic acids is 3. The number of benzene rings is 3. The summed E-state index contributed by atoms with van der Waals surface area (Å²) in [5, 5.41) is 2.63. The summed E-state index contributed by atoms with van der Waals surface area (Å²) >= 11 is 2.24. The van der Waals surface area contributed by atoms with Crippen molar-refractivity contribution >= 4 is 52.2 Å². The zero-order valence-electron chi connectivity index (χ0n) is 24.2. The van der Waals surface area contributed by atoms with Crippen molar-refractivity contribution in [1.29, 1.82) is 0 Å². The molecule has 0 saturated carbocycles. The lowest BCUT2D eigenvalue weighted by Crippen LogP contribution is -2.33. The standard InChI is InChI=1S/C33H31N3O5S2/c1-33(2,3)20-12-10-19(11-13-20)25-26-27(30(39)36(29(26)38)22-14-16-23(41-4)17-15-22)42-31-28(25)43-32(40)35(31)18-24(37)34-21-8-6-5-7-9-21/h5-17,25-27H,18H2,1-4H3,(H,34,37). The maximum Gasteiger partial charge on any atom is 0.308 e. The molecule has 0 spiro atoms. The molecular formula is C33H31N3O5S2. The summed E-state index contributed by atoms with van der Waals surface area (Å²) in [6, 6.07) is 23.9. The molecule has 3 aromatic carbocycles. The van der Waals surface area contributed by atoms with Gasteiger partial charge in [-0.1, -0.05) is 86.3 Å². The Morgan fingerprint density at radius 3 is 2.21 bits per heavy atom. The highest BCUT2D eigenvalue weighted by molar-refractivity contribution is 8.00. The van der Waals surface area contributed by atoms with E-state index < -0.39 is 17.1 Å². The molecule has 1 saturated heterocycles. The van der Waals surface area contributed by atoms with Crippen LogP contribution in [-0.4, -0.2) is 34.6 Å². The molecule has 43 heavy (non-hydrogen) atoms. The molecular weight excluding hydrogens is 583 g/mol. The Bertz CT molecular complexity index is 1760. The summed E-state index contributed by atoms with van der Waals surface area (Å²) in [6.07, 6.45) is 0. The largest absolute Gasteiger partial charge is 0.497 e. The maximum absolute atomic E-state index is 14.1. The SMILES string of the molecule is COc1ccc(N2C(=O)C3Sc4c(sc(=O)n4CC(=O)Nc4ccccc4)C(c4ccc(C(C)(C)C)cc4)C3C2=O)cc1. The lowest BCUT2D eigenvalue weighted by molar-refractivity contribution is -0.122. The van der Waals surface area contributed by atoms with Gasteiger partial charge in [-0.15, -0.1) is 0 Å². The van der Waals surface area contributed by atoms with Crippen molar-refractivity contribution in [3.63, 3.8) is 0 Å². The van der Waals surface area contributed by atoms with Crippen LogP contribution in [0, 0.1) is 5.92 Å². The number of carbonyl (C=O) groups is 3. The van der Waals surface area contributed by atoms with E-state index in [2.05, 4.69) is 26.1 Å². The van der Waals surface area contributed by atoms with Gasteiger partial charge in [-0.3, -0.25) is 23.7 Å². The van der Waals surface area contributed by atoms with Crippen LogP contribution in [0.25, 0.3) is 0 Å². The molecule has 4 aromatic rings. The Hall–Kier alpha value is -4.15. The molecule has 1 fully saturated rings. The van der Waals surface area contributed by atoms with Crippen LogP contribution in [0.15, 0.2) is 88.7 Å². The highest BCUT2D eigenvalue weighted by Crippen LogP contribution is 2.54. The molecule has 8 nitrogen and oxygen atoms in total. The Morgan fingerprint density at radius 1 is 0.907 bits per heavy atom. The van der Waals surface area contributed by atoms with Gasteiger partial charge in [-0.2, -0.15) is 0 Å². The van der Waals surface area contributed by atoms with Gasteiger partial charge in [0.1, 0.15) is 17.5 Å². The quantitative estimate of drug-likeness (QED) is 0.282. The average molecular weight is 614 g/mol. The highest BCUT2D eigenvalue weighted by atomic mass is 32.2. The molecule has 10 heteroatoms. The summed E-state index contributed by atoms with van der Waals surface area (Å²) in [7, 11) is 1.56. The minimum Gasteiger partial charge on any atom is -0.497 e. The first-order valence-corrected chi connectivity index (χ1v) is 15.6. The first-order chi connectivity index (χ1) is 20.6. The fourth-order valence-corrected chi connectivity index (χ4v) is 8.43. The van der Waals surface area contributed by atoms with Gasteiger partial charge in [0, 0.05) is 16.5 Å². The second kappa shape index (κ2) is 11.2. The zero-order chi connectivity index (χ0) is 30.5. The van der Waals surface area contributed by atoms with Crippen molar-refractivity contribution in [1.82, 2.24) is 4.57 Å². The lowest BCUT2D eigenvalue weighted by atomic mass is 9.81. The number of thiazole rings is 1. The predicted octanol–water partition coefficient (Wildman–Crippen LogP) is 5.65. The molecule has 3 heterocycles. The van der Waals surface area contributed by atoms with E-state index in [1.54, 1.807) is 43.5 Å². The van der Waals surface area contributed by atoms with E-state index in [1.165, 1.54) is 21.2 Å². The summed E-state index contributed by atoms with van der Waals surface area (Å²) in [5.74, 6) is -1.62. The van der Waals surface area contributed by atoms with Crippen molar-refractivity contribution in [2.75, 3.05) is 17.3 Å². The normalized spacial score (nSPS) is 19.6. The second-order valence-electron chi connectivity index (χ2n) is 11.7. The molecule has 2 aliphatic rings. The summed E-state index contributed by atoms with van der Waals surface area (Å²) < 4.78 is 6.69. The molecule has 3 unspecified atom stereocenters. The summed E-state index contributed by atoms with van der Waals surface area (Å²) in [4.78, 5) is 56.1. The van der Waals surface area contributed by atoms with Crippen molar-refractivity contribution in [3.05, 3.63) is 105 Å². The lowest BCUT2D eigenvalue weighted by Gasteiger charge is -2.31. The van der Waals surface area contributed by atoms with E-state index >= 15 is 0 Å². The van der Waals surface area contributed by atoms with E-state index in [-0.39, 0.29) is 34.6 Å². The third-order valence-electron chi connectivity index (χ3n) is 7.87. The fraction of sp³-hybridized carbons (Fsp3) is 0.273. The fourth-order valence-electron chi connectivity index (χ4n) is 5.66. The predicted molar refractivity (Wildman–Crippen MR) is 169 cm³/mol. The number of nitrogens with zero attached hydrogens (tertiary/aromatic N) is 2. The number of hydrogen-bond acceptors (Lipinski definition) is 7. The Labute approximate surface area is 257 Å². The summed E-state index contributed by atoms with van der Waals surface area (Å²) in [6.45, 7) is 6.19. The van der Waals surface area contributed by atoms with Crippen LogP contribution in [0.2, 0.25) is 0 Å². The van der Waals surface area contributed by atoms with E-state index in [9.17, 15) is 19.2 Å². The Kier molecular flexibility index (Phi) is 7.52. The van der Waals surface area contributed by atoms with Crippen molar-refractivity contribution in [2.24, 2.45) is 5.92 Å². The maximum atomic E-state index is 14.1. The number of rotatable bonds is 6. The Balaban J connectivity index is 1.42. The number of amides is 3. The van der Waals surface area contributed by atoms with Gasteiger partial charge in [0.15, 0.2) is 0 Å². The number of imide groups is 1. The molecule has 0 aliphatic carbocycles. The van der Waals surface area contributed by atoms with Crippen LogP contribution in [0.4, 0.5) is 11.4 Å². The average Bonchev–Trinajstić information content (AvgIpc) is 3.43. The number of hydrogen-bond donors (Lipinski definition) is 1. The number of ether oxygens (including phenoxy) is 1. The molecule has 6 rings (SSSR count). The molecule has 1 N–H and O–H groups in total. The van der Waals surface area contributed by atoms with Crippen molar-refractivity contribution in [3.8, 4) is 5.75 Å². The minimum atomic E-state index is -0.758. The third-order valence-corrected chi connectivity index (χ3v) is 10.5. The van der Waals surface area contributed by atoms with Gasteiger partial charge >= 0.3 is 4.87 Å². The third kappa shape index (κ3) is 5.29. The van der Waals surface area contributed by atoms with Gasteiger partial charge in [0.05, 0.1) is 23.7 Å². The van der Waals surface area contributed by atoms with Crippen LogP contribution in [0.3, 0.4) is 0 Å². The molecule has 3 atom stereocenters. The number of methoxy groups -OCH3 is 1. The van der Waals surface area contributed by atoms with E-state index in [1.807, 2.05) is 42.5 Å². The number of aromatic nitrogens is 1. The number of nitrogens with one attached hydrogen (secondary N) is 1. The van der Waals surface area contributed by atoms with E-state index in [0.717, 1.165) is 22.5 Å². The molecule has 220 valence electrons. The van der Waals surface area contributed by atoms with Crippen LogP contribution in [0.5, 0.6) is 5.75 Å². The molecule has 1 aromatic heterocycles. The van der Waals surface area contributed by atoms with E-state index in [0.29, 0.717) is 27.0 Å². The van der Waals surface area contributed by atoms with Crippen LogP contribution in [-0.2, 0) is 26.3 Å². The van der Waals surface area contributed by atoms with Gasteiger partial charge in [-0.05, 0) is 52.9 Å². The molecule has 2 aliphatic heterocycles. The number of anilines is 2.